The van der Waals surface area contributed by atoms with Crippen LogP contribution in [0.25, 0.3) is 5.82 Å². The van der Waals surface area contributed by atoms with E-state index in [0.717, 1.165) is 11.5 Å². The number of hydrogen-bond donors (Lipinski definition) is 0. The maximum Gasteiger partial charge on any atom is 0.164 e. The molecule has 56 valence electrons. The molecule has 0 aliphatic rings. The molecule has 0 radical (unpaired) electrons. The minimum Gasteiger partial charge on any atom is -0.226 e. The van der Waals surface area contributed by atoms with Crippen molar-refractivity contribution in [2.75, 3.05) is 0 Å². The Hall–Kier alpha value is -1.16. The van der Waals surface area contributed by atoms with Crippen molar-refractivity contribution in [1.82, 2.24) is 14.8 Å². The van der Waals surface area contributed by atoms with Gasteiger partial charge in [0.25, 0.3) is 0 Å². The van der Waals surface area contributed by atoms with Gasteiger partial charge >= 0.3 is 0 Å². The van der Waals surface area contributed by atoms with Crippen LogP contribution >= 0.6 is 11.3 Å². The first-order valence-electron chi connectivity index (χ1n) is 3.27. The molecule has 2 heterocycles. The maximum atomic E-state index is 4.14. The van der Waals surface area contributed by atoms with E-state index in [-0.39, 0.29) is 0 Å². The Bertz CT molecular complexity index is 336. The van der Waals surface area contributed by atoms with Gasteiger partial charge in [-0.3, -0.25) is 0 Å². The fourth-order valence-electron chi connectivity index (χ4n) is 0.920. The fourth-order valence-corrected chi connectivity index (χ4v) is 1.43. The van der Waals surface area contributed by atoms with E-state index in [0.29, 0.717) is 0 Å². The zero-order chi connectivity index (χ0) is 7.68. The second-order valence-electron chi connectivity index (χ2n) is 2.23. The van der Waals surface area contributed by atoms with Gasteiger partial charge in [-0.1, -0.05) is 0 Å². The molecule has 3 nitrogen and oxygen atoms in total. The highest BCUT2D eigenvalue weighted by Gasteiger charge is 2.00. The largest absolute Gasteiger partial charge is 0.226 e. The van der Waals surface area contributed by atoms with Crippen molar-refractivity contribution in [3.05, 3.63) is 28.8 Å². The number of rotatable bonds is 1. The number of nitrogens with zero attached hydrogens (tertiary/aromatic N) is 3. The molecule has 2 rings (SSSR count). The zero-order valence-electron chi connectivity index (χ0n) is 6.06. The molecule has 0 saturated carbocycles. The maximum absolute atomic E-state index is 4.14. The molecule has 0 unspecified atom stereocenters. The van der Waals surface area contributed by atoms with E-state index in [4.69, 9.17) is 0 Å². The van der Waals surface area contributed by atoms with Crippen molar-refractivity contribution >= 4 is 11.3 Å². The quantitative estimate of drug-likeness (QED) is 0.643. The van der Waals surface area contributed by atoms with Gasteiger partial charge in [0, 0.05) is 17.3 Å². The molecule has 0 aliphatic heterocycles. The van der Waals surface area contributed by atoms with Crippen LogP contribution in [0.2, 0.25) is 0 Å². The number of aryl methyl sites for hydroxylation is 1. The number of aromatic nitrogens is 3. The Kier molecular flexibility index (Phi) is 1.47. The van der Waals surface area contributed by atoms with E-state index in [1.54, 1.807) is 23.0 Å². The van der Waals surface area contributed by atoms with Crippen LogP contribution in [0.15, 0.2) is 23.2 Å². The monoisotopic (exact) mass is 165 g/mol. The molecule has 0 atom stereocenters. The normalized spacial score (nSPS) is 10.3. The summed E-state index contributed by atoms with van der Waals surface area (Å²) in [7, 11) is 0. The lowest BCUT2D eigenvalue weighted by Crippen LogP contribution is -1.97. The van der Waals surface area contributed by atoms with Gasteiger partial charge in [-0.05, 0) is 13.0 Å². The third kappa shape index (κ3) is 1.05. The van der Waals surface area contributed by atoms with Gasteiger partial charge in [0.15, 0.2) is 5.82 Å². The summed E-state index contributed by atoms with van der Waals surface area (Å²) in [4.78, 5) is 4.14. The van der Waals surface area contributed by atoms with Crippen molar-refractivity contribution in [3.63, 3.8) is 0 Å². The summed E-state index contributed by atoms with van der Waals surface area (Å²) in [5.41, 5.74) is 2.91. The molecular weight excluding hydrogens is 158 g/mol. The van der Waals surface area contributed by atoms with Gasteiger partial charge in [-0.2, -0.15) is 5.10 Å². The molecule has 11 heavy (non-hydrogen) atoms. The van der Waals surface area contributed by atoms with Crippen molar-refractivity contribution in [3.8, 4) is 5.82 Å². The lowest BCUT2D eigenvalue weighted by molar-refractivity contribution is 0.824. The Morgan fingerprint density at radius 2 is 2.45 bits per heavy atom. The predicted octanol–water partition coefficient (Wildman–Crippen LogP) is 1.64. The highest BCUT2D eigenvalue weighted by atomic mass is 32.1. The molecule has 2 aromatic rings. The van der Waals surface area contributed by atoms with Crippen molar-refractivity contribution < 1.29 is 0 Å². The molecule has 2 aromatic heterocycles. The van der Waals surface area contributed by atoms with Crippen LogP contribution in [0, 0.1) is 6.92 Å². The second kappa shape index (κ2) is 2.47. The van der Waals surface area contributed by atoms with Gasteiger partial charge in [0.1, 0.15) is 0 Å². The van der Waals surface area contributed by atoms with Crippen molar-refractivity contribution in [1.29, 1.82) is 0 Å². The van der Waals surface area contributed by atoms with Crippen LogP contribution in [0.3, 0.4) is 0 Å². The molecule has 0 aliphatic carbocycles. The molecular formula is C7H7N3S. The van der Waals surface area contributed by atoms with Crippen LogP contribution < -0.4 is 0 Å². The van der Waals surface area contributed by atoms with E-state index >= 15 is 0 Å². The lowest BCUT2D eigenvalue weighted by atomic mass is 10.5. The Morgan fingerprint density at radius 3 is 3.00 bits per heavy atom. The van der Waals surface area contributed by atoms with Crippen LogP contribution in [-0.4, -0.2) is 14.8 Å². The number of thiazole rings is 1. The Balaban J connectivity index is 2.53. The summed E-state index contributed by atoms with van der Waals surface area (Å²) < 4.78 is 1.82. The summed E-state index contributed by atoms with van der Waals surface area (Å²) in [6.07, 6.45) is 1.77. The third-order valence-corrected chi connectivity index (χ3v) is 2.04. The summed E-state index contributed by atoms with van der Waals surface area (Å²) in [5.74, 6) is 0.900. The standard InChI is InChI=1S/C7H7N3S/c1-6-2-3-9-10(6)7-4-11-5-8-7/h2-5H,1H3. The van der Waals surface area contributed by atoms with E-state index < -0.39 is 0 Å². The molecule has 0 saturated heterocycles. The average Bonchev–Trinajstić information content (AvgIpc) is 2.55. The first kappa shape index (κ1) is 6.54. The molecule has 0 bridgehead atoms. The Morgan fingerprint density at radius 1 is 1.55 bits per heavy atom. The molecule has 0 spiro atoms. The minimum absolute atomic E-state index is 0.900. The van der Waals surface area contributed by atoms with Crippen LogP contribution in [0.4, 0.5) is 0 Å². The smallest absolute Gasteiger partial charge is 0.164 e. The SMILES string of the molecule is Cc1ccnn1-c1cscn1. The number of hydrogen-bond acceptors (Lipinski definition) is 3. The Labute approximate surface area is 68.3 Å². The average molecular weight is 165 g/mol. The van der Waals surface area contributed by atoms with Crippen molar-refractivity contribution in [2.24, 2.45) is 0 Å². The van der Waals surface area contributed by atoms with Gasteiger partial charge in [0.2, 0.25) is 0 Å². The molecule has 0 N–H and O–H groups in total. The van der Waals surface area contributed by atoms with Crippen molar-refractivity contribution in [2.45, 2.75) is 6.92 Å². The van der Waals surface area contributed by atoms with E-state index in [2.05, 4.69) is 10.1 Å². The summed E-state index contributed by atoms with van der Waals surface area (Å²) in [6, 6.07) is 1.96. The molecule has 0 aromatic carbocycles. The van der Waals surface area contributed by atoms with Gasteiger partial charge < -0.3 is 0 Å². The summed E-state index contributed by atoms with van der Waals surface area (Å²) >= 11 is 1.57. The predicted molar refractivity (Wildman–Crippen MR) is 44.0 cm³/mol. The highest BCUT2D eigenvalue weighted by molar-refractivity contribution is 7.07. The molecule has 4 heteroatoms. The third-order valence-electron chi connectivity index (χ3n) is 1.47. The van der Waals surface area contributed by atoms with E-state index in [9.17, 15) is 0 Å². The van der Waals surface area contributed by atoms with Crippen LogP contribution in [-0.2, 0) is 0 Å². The second-order valence-corrected chi connectivity index (χ2v) is 2.95. The topological polar surface area (TPSA) is 30.7 Å². The summed E-state index contributed by atoms with van der Waals surface area (Å²) in [6.45, 7) is 2.01. The fraction of sp³-hybridized carbons (Fsp3) is 0.143. The van der Waals surface area contributed by atoms with Gasteiger partial charge in [-0.25, -0.2) is 9.67 Å². The first-order valence-corrected chi connectivity index (χ1v) is 4.21. The first-order chi connectivity index (χ1) is 5.38. The molecule has 0 amide bonds. The van der Waals surface area contributed by atoms with E-state index in [1.807, 2.05) is 23.1 Å². The minimum atomic E-state index is 0.900. The lowest BCUT2D eigenvalue weighted by Gasteiger charge is -1.96. The molecule has 0 fully saturated rings. The van der Waals surface area contributed by atoms with Crippen LogP contribution in [0.5, 0.6) is 0 Å². The highest BCUT2D eigenvalue weighted by Crippen LogP contribution is 2.08. The van der Waals surface area contributed by atoms with Crippen LogP contribution in [0.1, 0.15) is 5.69 Å². The summed E-state index contributed by atoms with van der Waals surface area (Å²) in [5, 5.41) is 6.09. The van der Waals surface area contributed by atoms with Gasteiger partial charge in [-0.15, -0.1) is 11.3 Å². The van der Waals surface area contributed by atoms with Gasteiger partial charge in [0.05, 0.1) is 5.51 Å². The van der Waals surface area contributed by atoms with E-state index in [1.165, 1.54) is 0 Å². The zero-order valence-corrected chi connectivity index (χ0v) is 6.88.